The molecule has 0 rings (SSSR count). The molecule has 4 atom stereocenters. The predicted octanol–water partition coefficient (Wildman–Crippen LogP) is -1.43. The lowest BCUT2D eigenvalue weighted by Crippen LogP contribution is -2.55. The number of amides is 3. The molecule has 0 unspecified atom stereocenters. The lowest BCUT2D eigenvalue weighted by molar-refractivity contribution is -0.143. The van der Waals surface area contributed by atoms with E-state index in [0.717, 1.165) is 0 Å². The minimum absolute atomic E-state index is 0.0341. The van der Waals surface area contributed by atoms with Crippen LogP contribution in [0.2, 0.25) is 0 Å². The first kappa shape index (κ1) is 24.8. The van der Waals surface area contributed by atoms with Crippen molar-refractivity contribution in [2.45, 2.75) is 58.7 Å². The molecular weight excluding hydrogens is 356 g/mol. The normalized spacial score (nSPS) is 15.4. The van der Waals surface area contributed by atoms with Crippen molar-refractivity contribution in [3.05, 3.63) is 0 Å². The van der Waals surface area contributed by atoms with Gasteiger partial charge in [-0.25, -0.2) is 4.79 Å². The highest BCUT2D eigenvalue weighted by Crippen LogP contribution is 2.06. The van der Waals surface area contributed by atoms with Crippen molar-refractivity contribution in [2.24, 2.45) is 17.6 Å². The van der Waals surface area contributed by atoms with Crippen molar-refractivity contribution in [3.8, 4) is 0 Å². The summed E-state index contributed by atoms with van der Waals surface area (Å²) in [6.07, 6.45) is 0.975. The summed E-state index contributed by atoms with van der Waals surface area (Å²) in [6, 6.07) is -3.19. The second-order valence-electron chi connectivity index (χ2n) is 6.96. The van der Waals surface area contributed by atoms with Gasteiger partial charge in [-0.1, -0.05) is 34.1 Å². The van der Waals surface area contributed by atoms with Crippen molar-refractivity contribution < 1.29 is 29.4 Å². The Morgan fingerprint density at radius 2 is 1.59 bits per heavy atom. The maximum absolute atomic E-state index is 12.3. The third-order valence-corrected chi connectivity index (χ3v) is 4.14. The van der Waals surface area contributed by atoms with Gasteiger partial charge < -0.3 is 31.9 Å². The van der Waals surface area contributed by atoms with Gasteiger partial charge in [-0.15, -0.1) is 0 Å². The molecule has 0 aliphatic carbocycles. The molecule has 0 aromatic rings. The van der Waals surface area contributed by atoms with Gasteiger partial charge in [-0.3, -0.25) is 14.4 Å². The van der Waals surface area contributed by atoms with E-state index in [1.807, 2.05) is 27.7 Å². The molecule has 0 aromatic carbocycles. The Bertz CT molecular complexity index is 526. The summed E-state index contributed by atoms with van der Waals surface area (Å²) in [5.74, 6) is -3.18. The van der Waals surface area contributed by atoms with Crippen LogP contribution in [0.15, 0.2) is 0 Å². The molecule has 0 saturated carbocycles. The first-order valence-corrected chi connectivity index (χ1v) is 9.00. The van der Waals surface area contributed by atoms with Crippen LogP contribution in [0.3, 0.4) is 0 Å². The Labute approximate surface area is 159 Å². The van der Waals surface area contributed by atoms with E-state index in [0.29, 0.717) is 6.42 Å². The number of carboxylic acids is 1. The maximum atomic E-state index is 12.3. The van der Waals surface area contributed by atoms with Crippen LogP contribution in [-0.4, -0.2) is 65.2 Å². The minimum Gasteiger partial charge on any atom is -0.480 e. The lowest BCUT2D eigenvalue weighted by Gasteiger charge is -2.22. The average molecular weight is 388 g/mol. The largest absolute Gasteiger partial charge is 0.480 e. The summed E-state index contributed by atoms with van der Waals surface area (Å²) in [6.45, 7) is 6.27. The highest BCUT2D eigenvalue weighted by molar-refractivity contribution is 5.92. The molecule has 0 bridgehead atoms. The van der Waals surface area contributed by atoms with E-state index in [1.165, 1.54) is 0 Å². The molecule has 7 N–H and O–H groups in total. The van der Waals surface area contributed by atoms with Crippen LogP contribution in [-0.2, 0) is 19.2 Å². The fraction of sp³-hybridized carbons (Fsp3) is 0.765. The van der Waals surface area contributed by atoms with E-state index in [1.54, 1.807) is 0 Å². The van der Waals surface area contributed by atoms with Crippen LogP contribution in [0.25, 0.3) is 0 Å². The SMILES string of the molecule is CC[C@H](C)[C@H](N)C(=O)NCC(=O)N[C@@H](CC(C)C)C(=O)N[C@@H](CO)C(=O)O. The van der Waals surface area contributed by atoms with Crippen LogP contribution in [0, 0.1) is 11.8 Å². The Hall–Kier alpha value is -2.20. The standard InChI is InChI=1S/C17H32N4O6/c1-5-10(4)14(18)16(25)19-7-13(23)20-11(6-9(2)3)15(24)21-12(8-22)17(26)27/h9-12,14,22H,5-8,18H2,1-4H3,(H,19,25)(H,20,23)(H,21,24)(H,26,27)/t10-,11-,12-,14-/m0/s1. The van der Waals surface area contributed by atoms with E-state index >= 15 is 0 Å². The van der Waals surface area contributed by atoms with Gasteiger partial charge >= 0.3 is 5.97 Å². The summed E-state index contributed by atoms with van der Waals surface area (Å²) in [4.78, 5) is 47.2. The summed E-state index contributed by atoms with van der Waals surface area (Å²) in [5.41, 5.74) is 5.78. The van der Waals surface area contributed by atoms with Gasteiger partial charge in [0.2, 0.25) is 17.7 Å². The monoisotopic (exact) mass is 388 g/mol. The van der Waals surface area contributed by atoms with Crippen molar-refractivity contribution in [1.82, 2.24) is 16.0 Å². The van der Waals surface area contributed by atoms with Crippen LogP contribution >= 0.6 is 0 Å². The highest BCUT2D eigenvalue weighted by Gasteiger charge is 2.27. The van der Waals surface area contributed by atoms with Crippen molar-refractivity contribution >= 4 is 23.7 Å². The number of rotatable bonds is 12. The molecule has 3 amide bonds. The van der Waals surface area contributed by atoms with Gasteiger partial charge in [-0.05, 0) is 18.3 Å². The zero-order valence-electron chi connectivity index (χ0n) is 16.3. The zero-order valence-corrected chi connectivity index (χ0v) is 16.3. The van der Waals surface area contributed by atoms with E-state index in [2.05, 4.69) is 16.0 Å². The van der Waals surface area contributed by atoms with Crippen LogP contribution in [0.4, 0.5) is 0 Å². The number of aliphatic hydroxyl groups is 1. The van der Waals surface area contributed by atoms with E-state index in [4.69, 9.17) is 15.9 Å². The maximum Gasteiger partial charge on any atom is 0.328 e. The predicted molar refractivity (Wildman–Crippen MR) is 98.5 cm³/mol. The number of nitrogens with one attached hydrogen (secondary N) is 3. The van der Waals surface area contributed by atoms with Crippen LogP contribution in [0.1, 0.15) is 40.5 Å². The van der Waals surface area contributed by atoms with Crippen molar-refractivity contribution in [3.63, 3.8) is 0 Å². The topological polar surface area (TPSA) is 171 Å². The molecule has 0 aliphatic rings. The molecule has 156 valence electrons. The Balaban J connectivity index is 4.80. The van der Waals surface area contributed by atoms with Gasteiger partial charge in [0.15, 0.2) is 0 Å². The van der Waals surface area contributed by atoms with Gasteiger partial charge in [0.1, 0.15) is 12.1 Å². The van der Waals surface area contributed by atoms with E-state index in [9.17, 15) is 19.2 Å². The Kier molecular flexibility index (Phi) is 11.2. The fourth-order valence-corrected chi connectivity index (χ4v) is 2.20. The molecule has 0 aromatic heterocycles. The number of nitrogens with two attached hydrogens (primary N) is 1. The highest BCUT2D eigenvalue weighted by atomic mass is 16.4. The summed E-state index contributed by atoms with van der Waals surface area (Å²) in [7, 11) is 0. The lowest BCUT2D eigenvalue weighted by atomic mass is 9.99. The summed E-state index contributed by atoms with van der Waals surface area (Å²) >= 11 is 0. The Morgan fingerprint density at radius 1 is 1.00 bits per heavy atom. The van der Waals surface area contributed by atoms with Gasteiger partial charge in [0.05, 0.1) is 19.2 Å². The van der Waals surface area contributed by atoms with Gasteiger partial charge in [0, 0.05) is 0 Å². The molecule has 0 radical (unpaired) electrons. The summed E-state index contributed by atoms with van der Waals surface area (Å²) < 4.78 is 0. The third-order valence-electron chi connectivity index (χ3n) is 4.14. The minimum atomic E-state index is -1.46. The number of hydrogen-bond acceptors (Lipinski definition) is 6. The van der Waals surface area contributed by atoms with Gasteiger partial charge in [-0.2, -0.15) is 0 Å². The average Bonchev–Trinajstić information content (AvgIpc) is 2.61. The Morgan fingerprint density at radius 3 is 2.04 bits per heavy atom. The molecular formula is C17H32N4O6. The van der Waals surface area contributed by atoms with Gasteiger partial charge in [0.25, 0.3) is 0 Å². The van der Waals surface area contributed by atoms with Crippen molar-refractivity contribution in [1.29, 1.82) is 0 Å². The van der Waals surface area contributed by atoms with E-state index < -0.39 is 48.4 Å². The molecule has 10 heteroatoms. The second kappa shape index (κ2) is 12.2. The smallest absolute Gasteiger partial charge is 0.328 e. The van der Waals surface area contributed by atoms with E-state index in [-0.39, 0.29) is 24.8 Å². The number of carbonyl (C=O) groups excluding carboxylic acids is 3. The number of carboxylic acid groups (broad SMARTS) is 1. The summed E-state index contributed by atoms with van der Waals surface area (Å²) in [5, 5.41) is 25.0. The zero-order chi connectivity index (χ0) is 21.1. The number of aliphatic hydroxyl groups excluding tert-OH is 1. The van der Waals surface area contributed by atoms with Crippen LogP contribution in [0.5, 0.6) is 0 Å². The molecule has 0 aliphatic heterocycles. The number of aliphatic carboxylic acids is 1. The quantitative estimate of drug-likeness (QED) is 0.238. The van der Waals surface area contributed by atoms with Crippen LogP contribution < -0.4 is 21.7 Å². The molecule has 27 heavy (non-hydrogen) atoms. The van der Waals surface area contributed by atoms with Crippen molar-refractivity contribution in [2.75, 3.05) is 13.2 Å². The first-order valence-electron chi connectivity index (χ1n) is 9.00. The first-order chi connectivity index (χ1) is 12.5. The molecule has 10 nitrogen and oxygen atoms in total. The number of carbonyl (C=O) groups is 4. The number of hydrogen-bond donors (Lipinski definition) is 6. The fourth-order valence-electron chi connectivity index (χ4n) is 2.20. The molecule has 0 saturated heterocycles. The molecule has 0 spiro atoms. The second-order valence-corrected chi connectivity index (χ2v) is 6.96. The molecule has 0 fully saturated rings. The third kappa shape index (κ3) is 9.34. The molecule has 0 heterocycles.